The Labute approximate surface area is 116 Å². The fourth-order valence-corrected chi connectivity index (χ4v) is 2.69. The van der Waals surface area contributed by atoms with Crippen LogP contribution in [-0.2, 0) is 0 Å². The molecular weight excluding hydrogens is 296 g/mol. The van der Waals surface area contributed by atoms with Gasteiger partial charge in [0.2, 0.25) is 11.8 Å². The Kier molecular flexibility index (Phi) is 4.77. The van der Waals surface area contributed by atoms with Gasteiger partial charge in [0.15, 0.2) is 0 Å². The number of hydrogen-bond donors (Lipinski definition) is 1. The molecule has 1 atom stereocenters. The number of ether oxygens (including phenoxy) is 1. The third-order valence-electron chi connectivity index (χ3n) is 3.19. The van der Waals surface area contributed by atoms with Crippen molar-refractivity contribution >= 4 is 21.9 Å². The van der Waals surface area contributed by atoms with Crippen LogP contribution >= 0.6 is 15.9 Å². The molecule has 0 amide bonds. The summed E-state index contributed by atoms with van der Waals surface area (Å²) in [6, 6.07) is 0. The number of anilines is 1. The van der Waals surface area contributed by atoms with Crippen molar-refractivity contribution in [2.24, 2.45) is 5.92 Å². The van der Waals surface area contributed by atoms with E-state index in [1.807, 2.05) is 7.05 Å². The molecule has 2 heterocycles. The van der Waals surface area contributed by atoms with Gasteiger partial charge in [-0.2, -0.15) is 4.98 Å². The molecule has 1 aliphatic rings. The monoisotopic (exact) mass is 314 g/mol. The third kappa shape index (κ3) is 3.11. The summed E-state index contributed by atoms with van der Waals surface area (Å²) in [4.78, 5) is 11.0. The molecule has 1 aromatic rings. The predicted molar refractivity (Wildman–Crippen MR) is 75.1 cm³/mol. The fourth-order valence-electron chi connectivity index (χ4n) is 2.34. The van der Waals surface area contributed by atoms with Gasteiger partial charge in [0, 0.05) is 13.1 Å². The number of nitrogens with one attached hydrogen (secondary N) is 1. The molecule has 0 radical (unpaired) electrons. The summed E-state index contributed by atoms with van der Waals surface area (Å²) < 4.78 is 6.00. The van der Waals surface area contributed by atoms with Crippen LogP contribution in [0.2, 0.25) is 0 Å². The van der Waals surface area contributed by atoms with Gasteiger partial charge in [-0.05, 0) is 48.3 Å². The van der Waals surface area contributed by atoms with E-state index in [0.717, 1.165) is 30.1 Å². The molecule has 1 fully saturated rings. The second-order valence-electron chi connectivity index (χ2n) is 4.54. The molecule has 1 N–H and O–H groups in total. The maximum Gasteiger partial charge on any atom is 0.232 e. The molecule has 0 aromatic carbocycles. The Bertz CT molecular complexity index is 400. The molecular formula is C12H19BrN4O. The Morgan fingerprint density at radius 2 is 2.44 bits per heavy atom. The zero-order valence-electron chi connectivity index (χ0n) is 10.8. The van der Waals surface area contributed by atoms with Crippen LogP contribution in [0.4, 0.5) is 5.95 Å². The summed E-state index contributed by atoms with van der Waals surface area (Å²) in [6.07, 6.45) is 4.21. The van der Waals surface area contributed by atoms with Crippen molar-refractivity contribution in [1.82, 2.24) is 15.3 Å². The lowest BCUT2D eigenvalue weighted by molar-refractivity contribution is 0.384. The molecule has 100 valence electrons. The highest BCUT2D eigenvalue weighted by molar-refractivity contribution is 9.10. The molecule has 0 spiro atoms. The van der Waals surface area contributed by atoms with E-state index in [1.54, 1.807) is 13.3 Å². The van der Waals surface area contributed by atoms with E-state index in [0.29, 0.717) is 11.8 Å². The van der Waals surface area contributed by atoms with Crippen molar-refractivity contribution in [3.05, 3.63) is 10.7 Å². The summed E-state index contributed by atoms with van der Waals surface area (Å²) in [5.41, 5.74) is 0. The van der Waals surface area contributed by atoms with Gasteiger partial charge in [0.25, 0.3) is 0 Å². The first kappa shape index (κ1) is 13.5. The van der Waals surface area contributed by atoms with Gasteiger partial charge in [0.05, 0.1) is 17.8 Å². The van der Waals surface area contributed by atoms with Crippen LogP contribution in [0.15, 0.2) is 10.7 Å². The van der Waals surface area contributed by atoms with Gasteiger partial charge in [0.1, 0.15) is 0 Å². The number of rotatable bonds is 4. The Balaban J connectivity index is 2.10. The standard InChI is InChI=1S/C12H19BrN4O/c1-14-6-9-4-3-5-17(8-9)12-15-7-10(13)11(16-12)18-2/h7,9,14H,3-6,8H2,1-2H3. The summed E-state index contributed by atoms with van der Waals surface area (Å²) in [6.45, 7) is 3.07. The summed E-state index contributed by atoms with van der Waals surface area (Å²) in [7, 11) is 3.62. The molecule has 1 unspecified atom stereocenters. The minimum Gasteiger partial charge on any atom is -0.480 e. The summed E-state index contributed by atoms with van der Waals surface area (Å²) >= 11 is 3.37. The Morgan fingerprint density at radius 3 is 3.17 bits per heavy atom. The van der Waals surface area contributed by atoms with Crippen molar-refractivity contribution in [3.63, 3.8) is 0 Å². The van der Waals surface area contributed by atoms with E-state index in [9.17, 15) is 0 Å². The lowest BCUT2D eigenvalue weighted by atomic mass is 9.98. The smallest absolute Gasteiger partial charge is 0.232 e. The zero-order chi connectivity index (χ0) is 13.0. The molecule has 0 aliphatic carbocycles. The predicted octanol–water partition coefficient (Wildman–Crippen LogP) is 1.68. The third-order valence-corrected chi connectivity index (χ3v) is 3.73. The van der Waals surface area contributed by atoms with Crippen molar-refractivity contribution in [1.29, 1.82) is 0 Å². The van der Waals surface area contributed by atoms with Crippen LogP contribution in [-0.4, -0.2) is 43.8 Å². The first-order valence-electron chi connectivity index (χ1n) is 6.20. The topological polar surface area (TPSA) is 50.3 Å². The van der Waals surface area contributed by atoms with Gasteiger partial charge in [-0.3, -0.25) is 0 Å². The van der Waals surface area contributed by atoms with E-state index in [2.05, 4.69) is 36.1 Å². The number of aromatic nitrogens is 2. The average Bonchev–Trinajstić information content (AvgIpc) is 2.40. The van der Waals surface area contributed by atoms with Gasteiger partial charge >= 0.3 is 0 Å². The minimum absolute atomic E-state index is 0.593. The van der Waals surface area contributed by atoms with Crippen molar-refractivity contribution in [2.75, 3.05) is 38.7 Å². The van der Waals surface area contributed by atoms with Crippen LogP contribution in [0.1, 0.15) is 12.8 Å². The maximum atomic E-state index is 5.21. The van der Waals surface area contributed by atoms with Crippen LogP contribution in [0.3, 0.4) is 0 Å². The molecule has 5 nitrogen and oxygen atoms in total. The second-order valence-corrected chi connectivity index (χ2v) is 5.39. The highest BCUT2D eigenvalue weighted by atomic mass is 79.9. The van der Waals surface area contributed by atoms with Crippen molar-refractivity contribution < 1.29 is 4.74 Å². The number of nitrogens with zero attached hydrogens (tertiary/aromatic N) is 3. The lowest BCUT2D eigenvalue weighted by Crippen LogP contribution is -2.39. The van der Waals surface area contributed by atoms with Gasteiger partial charge < -0.3 is 15.0 Å². The minimum atomic E-state index is 0.593. The SMILES string of the molecule is CNCC1CCCN(c2ncc(Br)c(OC)n2)C1. The Morgan fingerprint density at radius 1 is 1.61 bits per heavy atom. The quantitative estimate of drug-likeness (QED) is 0.916. The normalized spacial score (nSPS) is 19.9. The van der Waals surface area contributed by atoms with Crippen LogP contribution in [0.5, 0.6) is 5.88 Å². The van der Waals surface area contributed by atoms with Crippen LogP contribution in [0, 0.1) is 5.92 Å². The Hall–Kier alpha value is -0.880. The highest BCUT2D eigenvalue weighted by Gasteiger charge is 2.21. The molecule has 0 saturated carbocycles. The number of halogens is 1. The molecule has 2 rings (SSSR count). The van der Waals surface area contributed by atoms with Crippen molar-refractivity contribution in [3.8, 4) is 5.88 Å². The van der Waals surface area contributed by atoms with E-state index in [-0.39, 0.29) is 0 Å². The molecule has 1 aliphatic heterocycles. The maximum absolute atomic E-state index is 5.21. The molecule has 1 saturated heterocycles. The highest BCUT2D eigenvalue weighted by Crippen LogP contribution is 2.25. The average molecular weight is 315 g/mol. The second kappa shape index (κ2) is 6.33. The van der Waals surface area contributed by atoms with Gasteiger partial charge in [-0.25, -0.2) is 4.98 Å². The largest absolute Gasteiger partial charge is 0.480 e. The van der Waals surface area contributed by atoms with E-state index >= 15 is 0 Å². The van der Waals surface area contributed by atoms with Gasteiger partial charge in [-0.15, -0.1) is 0 Å². The first-order chi connectivity index (χ1) is 8.74. The number of hydrogen-bond acceptors (Lipinski definition) is 5. The van der Waals surface area contributed by atoms with E-state index in [1.165, 1.54) is 12.8 Å². The molecule has 0 bridgehead atoms. The molecule has 6 heteroatoms. The van der Waals surface area contributed by atoms with Crippen LogP contribution < -0.4 is 15.0 Å². The molecule has 1 aromatic heterocycles. The van der Waals surface area contributed by atoms with E-state index < -0.39 is 0 Å². The van der Waals surface area contributed by atoms with Gasteiger partial charge in [-0.1, -0.05) is 0 Å². The van der Waals surface area contributed by atoms with Crippen LogP contribution in [0.25, 0.3) is 0 Å². The van der Waals surface area contributed by atoms with Crippen molar-refractivity contribution in [2.45, 2.75) is 12.8 Å². The van der Waals surface area contributed by atoms with E-state index in [4.69, 9.17) is 4.74 Å². The molecule has 18 heavy (non-hydrogen) atoms. The first-order valence-corrected chi connectivity index (χ1v) is 7.00. The summed E-state index contributed by atoms with van der Waals surface area (Å²) in [5, 5.41) is 3.24. The lowest BCUT2D eigenvalue weighted by Gasteiger charge is -2.32. The zero-order valence-corrected chi connectivity index (χ0v) is 12.4. The number of methoxy groups -OCH3 is 1. The summed E-state index contributed by atoms with van der Waals surface area (Å²) in [5.74, 6) is 2.02. The number of piperidine rings is 1. The fraction of sp³-hybridized carbons (Fsp3) is 0.667.